The molecule has 0 fully saturated rings. The van der Waals surface area contributed by atoms with Crippen LogP contribution >= 0.6 is 33.9 Å². The van der Waals surface area contributed by atoms with Gasteiger partial charge in [0.15, 0.2) is 0 Å². The summed E-state index contributed by atoms with van der Waals surface area (Å²) in [6, 6.07) is 2.24. The van der Waals surface area contributed by atoms with Crippen LogP contribution in [-0.4, -0.2) is 34.7 Å². The Labute approximate surface area is 131 Å². The number of carbonyl (C=O) groups is 1. The molecule has 0 N–H and O–H groups in total. The maximum Gasteiger partial charge on any atom is 0.338 e. The van der Waals surface area contributed by atoms with Gasteiger partial charge in [0.2, 0.25) is 0 Å². The molecule has 0 saturated carbocycles. The molecule has 0 spiro atoms. The number of ether oxygens (including phenoxy) is 2. The molecule has 0 saturated heterocycles. The minimum absolute atomic E-state index is 0.0453. The number of rotatable bonds is 6. The minimum atomic E-state index is -4.11. The molecule has 1 rings (SSSR count). The number of halogens is 3. The largest absolute Gasteiger partial charge is 0.462 e. The Balaban J connectivity index is 2.97. The van der Waals surface area contributed by atoms with E-state index in [-0.39, 0.29) is 22.2 Å². The maximum atomic E-state index is 11.7. The van der Waals surface area contributed by atoms with Crippen molar-refractivity contribution in [3.8, 4) is 0 Å². The van der Waals surface area contributed by atoms with E-state index in [1.54, 1.807) is 0 Å². The van der Waals surface area contributed by atoms with Crippen LogP contribution in [0.25, 0.3) is 0 Å². The SMILES string of the molecule is COCCCOC(=O)c1cc(Cl)c(Cl)c(S(=O)(=O)Cl)c1. The predicted octanol–water partition coefficient (Wildman–Crippen LogP) is 3.11. The summed E-state index contributed by atoms with van der Waals surface area (Å²) in [5.74, 6) is -0.721. The molecular formula is C11H11Cl3O5S. The molecule has 5 nitrogen and oxygen atoms in total. The number of hydrogen-bond donors (Lipinski definition) is 0. The Hall–Kier alpha value is -0.530. The number of benzene rings is 1. The zero-order chi connectivity index (χ0) is 15.3. The summed E-state index contributed by atoms with van der Waals surface area (Å²) in [4.78, 5) is 11.3. The van der Waals surface area contributed by atoms with Crippen LogP contribution in [0.5, 0.6) is 0 Å². The van der Waals surface area contributed by atoms with Gasteiger partial charge in [-0.3, -0.25) is 0 Å². The third-order valence-electron chi connectivity index (χ3n) is 2.22. The van der Waals surface area contributed by atoms with E-state index < -0.39 is 19.9 Å². The lowest BCUT2D eigenvalue weighted by molar-refractivity contribution is 0.0468. The number of carbonyl (C=O) groups excluding carboxylic acids is 1. The van der Waals surface area contributed by atoms with Gasteiger partial charge in [-0.2, -0.15) is 0 Å². The molecule has 1 aromatic rings. The molecule has 0 aliphatic rings. The second kappa shape index (κ2) is 7.47. The van der Waals surface area contributed by atoms with E-state index in [0.29, 0.717) is 13.0 Å². The average molecular weight is 362 g/mol. The van der Waals surface area contributed by atoms with Crippen LogP contribution < -0.4 is 0 Å². The summed E-state index contributed by atoms with van der Waals surface area (Å²) < 4.78 is 32.4. The van der Waals surface area contributed by atoms with E-state index >= 15 is 0 Å². The van der Waals surface area contributed by atoms with Crippen molar-refractivity contribution in [2.45, 2.75) is 11.3 Å². The van der Waals surface area contributed by atoms with Crippen LogP contribution in [-0.2, 0) is 18.5 Å². The molecule has 0 heterocycles. The fourth-order valence-corrected chi connectivity index (χ4v) is 3.08. The van der Waals surface area contributed by atoms with Crippen molar-refractivity contribution in [2.75, 3.05) is 20.3 Å². The molecule has 9 heteroatoms. The number of esters is 1. The van der Waals surface area contributed by atoms with E-state index in [2.05, 4.69) is 0 Å². The topological polar surface area (TPSA) is 69.7 Å². The molecular weight excluding hydrogens is 351 g/mol. The third kappa shape index (κ3) is 4.79. The van der Waals surface area contributed by atoms with Crippen LogP contribution in [0.15, 0.2) is 17.0 Å². The van der Waals surface area contributed by atoms with E-state index in [4.69, 9.17) is 43.4 Å². The highest BCUT2D eigenvalue weighted by Crippen LogP contribution is 2.32. The van der Waals surface area contributed by atoms with Gasteiger partial charge in [-0.05, 0) is 12.1 Å². The first-order valence-corrected chi connectivity index (χ1v) is 8.43. The van der Waals surface area contributed by atoms with Gasteiger partial charge in [0, 0.05) is 30.8 Å². The van der Waals surface area contributed by atoms with E-state index in [1.807, 2.05) is 0 Å². The van der Waals surface area contributed by atoms with E-state index in [1.165, 1.54) is 13.2 Å². The molecule has 20 heavy (non-hydrogen) atoms. The molecule has 1 aromatic carbocycles. The van der Waals surface area contributed by atoms with Crippen molar-refractivity contribution in [3.63, 3.8) is 0 Å². The van der Waals surface area contributed by atoms with Gasteiger partial charge in [-0.1, -0.05) is 23.2 Å². The van der Waals surface area contributed by atoms with Crippen molar-refractivity contribution < 1.29 is 22.7 Å². The first kappa shape index (κ1) is 17.5. The summed E-state index contributed by atoms with van der Waals surface area (Å²) >= 11 is 11.5. The highest BCUT2D eigenvalue weighted by Gasteiger charge is 2.21. The quantitative estimate of drug-likeness (QED) is 0.442. The number of methoxy groups -OCH3 is 1. The smallest absolute Gasteiger partial charge is 0.338 e. The molecule has 0 radical (unpaired) electrons. The van der Waals surface area contributed by atoms with Crippen LogP contribution in [0, 0.1) is 0 Å². The summed E-state index contributed by atoms with van der Waals surface area (Å²) in [5.41, 5.74) is -0.0453. The molecule has 112 valence electrons. The Morgan fingerprint density at radius 3 is 2.45 bits per heavy atom. The normalized spacial score (nSPS) is 11.4. The van der Waals surface area contributed by atoms with Crippen molar-refractivity contribution in [2.24, 2.45) is 0 Å². The molecule has 0 amide bonds. The van der Waals surface area contributed by atoms with Crippen molar-refractivity contribution in [1.82, 2.24) is 0 Å². The molecule has 0 aliphatic carbocycles. The fraction of sp³-hybridized carbons (Fsp3) is 0.364. The maximum absolute atomic E-state index is 11.7. The predicted molar refractivity (Wildman–Crippen MR) is 76.3 cm³/mol. The highest BCUT2D eigenvalue weighted by molar-refractivity contribution is 8.13. The monoisotopic (exact) mass is 360 g/mol. The Kier molecular flexibility index (Phi) is 6.54. The lowest BCUT2D eigenvalue weighted by Crippen LogP contribution is -2.09. The second-order valence-electron chi connectivity index (χ2n) is 3.69. The zero-order valence-electron chi connectivity index (χ0n) is 10.4. The van der Waals surface area contributed by atoms with Crippen molar-refractivity contribution in [3.05, 3.63) is 27.7 Å². The summed E-state index contributed by atoms with van der Waals surface area (Å²) in [6.07, 6.45) is 0.518. The summed E-state index contributed by atoms with van der Waals surface area (Å²) in [5, 5.41) is -0.338. The van der Waals surface area contributed by atoms with Crippen molar-refractivity contribution >= 4 is 48.9 Å². The minimum Gasteiger partial charge on any atom is -0.462 e. The molecule has 0 atom stereocenters. The van der Waals surface area contributed by atoms with Gasteiger partial charge in [0.05, 0.1) is 22.2 Å². The fourth-order valence-electron chi connectivity index (χ4n) is 1.31. The molecule has 0 unspecified atom stereocenters. The van der Waals surface area contributed by atoms with Gasteiger partial charge < -0.3 is 9.47 Å². The van der Waals surface area contributed by atoms with Crippen LogP contribution in [0.1, 0.15) is 16.8 Å². The highest BCUT2D eigenvalue weighted by atomic mass is 35.7. The molecule has 0 bridgehead atoms. The van der Waals surface area contributed by atoms with Gasteiger partial charge in [0.1, 0.15) is 4.90 Å². The zero-order valence-corrected chi connectivity index (χ0v) is 13.4. The standard InChI is InChI=1S/C11H11Cl3O5S/c1-18-3-2-4-19-11(15)7-5-8(12)10(13)9(6-7)20(14,16)17/h5-6H,2-4H2,1H3. The van der Waals surface area contributed by atoms with Gasteiger partial charge in [0.25, 0.3) is 9.05 Å². The van der Waals surface area contributed by atoms with Gasteiger partial charge in [-0.25, -0.2) is 13.2 Å². The Morgan fingerprint density at radius 2 is 1.90 bits per heavy atom. The van der Waals surface area contributed by atoms with Crippen molar-refractivity contribution in [1.29, 1.82) is 0 Å². The van der Waals surface area contributed by atoms with E-state index in [0.717, 1.165) is 6.07 Å². The lowest BCUT2D eigenvalue weighted by atomic mass is 10.2. The second-order valence-corrected chi connectivity index (χ2v) is 7.01. The van der Waals surface area contributed by atoms with Crippen LogP contribution in [0.2, 0.25) is 10.0 Å². The van der Waals surface area contributed by atoms with Gasteiger partial charge in [-0.15, -0.1) is 0 Å². The Bertz CT molecular complexity index is 600. The Morgan fingerprint density at radius 1 is 1.25 bits per heavy atom. The van der Waals surface area contributed by atoms with Crippen LogP contribution in [0.4, 0.5) is 0 Å². The first-order chi connectivity index (χ1) is 9.27. The van der Waals surface area contributed by atoms with E-state index in [9.17, 15) is 13.2 Å². The lowest BCUT2D eigenvalue weighted by Gasteiger charge is -2.08. The summed E-state index contributed by atoms with van der Waals surface area (Å²) in [7, 11) is 2.63. The molecule has 0 aliphatic heterocycles. The first-order valence-electron chi connectivity index (χ1n) is 5.37. The molecule has 0 aromatic heterocycles. The summed E-state index contributed by atoms with van der Waals surface area (Å²) in [6.45, 7) is 0.575. The van der Waals surface area contributed by atoms with Gasteiger partial charge >= 0.3 is 5.97 Å². The average Bonchev–Trinajstić information content (AvgIpc) is 2.36. The third-order valence-corrected chi connectivity index (χ3v) is 4.48. The number of hydrogen-bond acceptors (Lipinski definition) is 5. The van der Waals surface area contributed by atoms with Crippen LogP contribution in [0.3, 0.4) is 0 Å².